The zero-order chi connectivity index (χ0) is 14.3. The molecular formula is C14H17N5S. The van der Waals surface area contributed by atoms with Crippen molar-refractivity contribution in [1.82, 2.24) is 19.1 Å². The molecule has 20 heavy (non-hydrogen) atoms. The zero-order valence-electron chi connectivity index (χ0n) is 11.8. The van der Waals surface area contributed by atoms with Crippen LogP contribution in [0.2, 0.25) is 0 Å². The quantitative estimate of drug-likeness (QED) is 0.804. The Morgan fingerprint density at radius 3 is 2.75 bits per heavy atom. The van der Waals surface area contributed by atoms with Crippen LogP contribution in [0, 0.1) is 6.92 Å². The maximum absolute atomic E-state index is 5.71. The van der Waals surface area contributed by atoms with Crippen molar-refractivity contribution in [1.29, 1.82) is 0 Å². The highest BCUT2D eigenvalue weighted by Gasteiger charge is 2.18. The van der Waals surface area contributed by atoms with E-state index in [-0.39, 0.29) is 0 Å². The molecule has 0 aliphatic rings. The van der Waals surface area contributed by atoms with E-state index in [1.165, 1.54) is 11.5 Å². The number of hydrogen-bond acceptors (Lipinski definition) is 5. The first-order valence-electron chi connectivity index (χ1n) is 6.62. The SMILES string of the molecule is Cc1nnsc1-c1nc2cc(CN)ccc2n1C(C)C. The lowest BCUT2D eigenvalue weighted by molar-refractivity contribution is 0.625. The highest BCUT2D eigenvalue weighted by Crippen LogP contribution is 2.31. The minimum absolute atomic E-state index is 0.320. The summed E-state index contributed by atoms with van der Waals surface area (Å²) in [6.07, 6.45) is 0. The number of hydrogen-bond donors (Lipinski definition) is 1. The summed E-state index contributed by atoms with van der Waals surface area (Å²) in [6, 6.07) is 6.53. The van der Waals surface area contributed by atoms with E-state index in [4.69, 9.17) is 10.7 Å². The number of benzene rings is 1. The summed E-state index contributed by atoms with van der Waals surface area (Å²) in [7, 11) is 0. The van der Waals surface area contributed by atoms with E-state index in [9.17, 15) is 0 Å². The van der Waals surface area contributed by atoms with E-state index < -0.39 is 0 Å². The van der Waals surface area contributed by atoms with E-state index in [1.807, 2.05) is 6.92 Å². The van der Waals surface area contributed by atoms with Gasteiger partial charge in [-0.2, -0.15) is 0 Å². The van der Waals surface area contributed by atoms with Crippen LogP contribution < -0.4 is 5.73 Å². The zero-order valence-corrected chi connectivity index (χ0v) is 12.6. The molecule has 0 atom stereocenters. The van der Waals surface area contributed by atoms with Crippen molar-refractivity contribution in [2.24, 2.45) is 5.73 Å². The van der Waals surface area contributed by atoms with E-state index in [1.54, 1.807) is 0 Å². The van der Waals surface area contributed by atoms with Crippen LogP contribution in [0.3, 0.4) is 0 Å². The minimum atomic E-state index is 0.320. The van der Waals surface area contributed by atoms with Crippen molar-refractivity contribution in [3.63, 3.8) is 0 Å². The second kappa shape index (κ2) is 4.96. The minimum Gasteiger partial charge on any atom is -0.326 e. The number of aromatic nitrogens is 4. The molecule has 0 saturated heterocycles. The fourth-order valence-electron chi connectivity index (χ4n) is 2.39. The van der Waals surface area contributed by atoms with Crippen LogP contribution in [0.15, 0.2) is 18.2 Å². The van der Waals surface area contributed by atoms with Gasteiger partial charge in [0.05, 0.1) is 16.7 Å². The lowest BCUT2D eigenvalue weighted by Crippen LogP contribution is -2.03. The van der Waals surface area contributed by atoms with Crippen molar-refractivity contribution in [2.75, 3.05) is 0 Å². The summed E-state index contributed by atoms with van der Waals surface area (Å²) in [6.45, 7) is 6.81. The van der Waals surface area contributed by atoms with Crippen molar-refractivity contribution in [3.05, 3.63) is 29.5 Å². The number of nitrogens with two attached hydrogens (primary N) is 1. The molecule has 0 aliphatic heterocycles. The highest BCUT2D eigenvalue weighted by atomic mass is 32.1. The molecule has 0 amide bonds. The van der Waals surface area contributed by atoms with Gasteiger partial charge in [0.15, 0.2) is 5.82 Å². The molecule has 104 valence electrons. The van der Waals surface area contributed by atoms with Gasteiger partial charge >= 0.3 is 0 Å². The number of imidazole rings is 1. The fraction of sp³-hybridized carbons (Fsp3) is 0.357. The van der Waals surface area contributed by atoms with Crippen molar-refractivity contribution in [2.45, 2.75) is 33.4 Å². The van der Waals surface area contributed by atoms with Gasteiger partial charge in [0.25, 0.3) is 0 Å². The van der Waals surface area contributed by atoms with Crippen LogP contribution >= 0.6 is 11.5 Å². The van der Waals surface area contributed by atoms with E-state index >= 15 is 0 Å². The fourth-order valence-corrected chi connectivity index (χ4v) is 3.03. The summed E-state index contributed by atoms with van der Waals surface area (Å²) in [5.41, 5.74) is 9.83. The first kappa shape index (κ1) is 13.2. The largest absolute Gasteiger partial charge is 0.326 e. The third kappa shape index (κ3) is 2.01. The lowest BCUT2D eigenvalue weighted by Gasteiger charge is -2.12. The first-order valence-corrected chi connectivity index (χ1v) is 7.39. The summed E-state index contributed by atoms with van der Waals surface area (Å²) < 4.78 is 6.25. The molecule has 2 heterocycles. The molecule has 0 spiro atoms. The van der Waals surface area contributed by atoms with Gasteiger partial charge in [0, 0.05) is 12.6 Å². The predicted octanol–water partition coefficient (Wildman–Crippen LogP) is 2.90. The summed E-state index contributed by atoms with van der Waals surface area (Å²) >= 11 is 1.39. The van der Waals surface area contributed by atoms with Gasteiger partial charge < -0.3 is 10.3 Å². The van der Waals surface area contributed by atoms with Gasteiger partial charge in [0.2, 0.25) is 0 Å². The van der Waals surface area contributed by atoms with Crippen LogP contribution in [0.25, 0.3) is 21.7 Å². The second-order valence-corrected chi connectivity index (χ2v) is 5.87. The van der Waals surface area contributed by atoms with Gasteiger partial charge in [-0.05, 0) is 50.0 Å². The Balaban J connectivity index is 2.31. The molecule has 6 heteroatoms. The number of rotatable bonds is 3. The van der Waals surface area contributed by atoms with Crippen LogP contribution in [0.5, 0.6) is 0 Å². The number of aryl methyl sites for hydroxylation is 1. The van der Waals surface area contributed by atoms with Crippen molar-refractivity contribution < 1.29 is 0 Å². The number of nitrogens with zero attached hydrogens (tertiary/aromatic N) is 4. The van der Waals surface area contributed by atoms with E-state index in [0.717, 1.165) is 33.0 Å². The lowest BCUT2D eigenvalue weighted by atomic mass is 10.2. The average molecular weight is 287 g/mol. The molecule has 1 aromatic carbocycles. The summed E-state index contributed by atoms with van der Waals surface area (Å²) in [4.78, 5) is 5.82. The molecule has 0 unspecified atom stereocenters. The third-order valence-corrected chi connectivity index (χ3v) is 4.18. The highest BCUT2D eigenvalue weighted by molar-refractivity contribution is 7.09. The van der Waals surface area contributed by atoms with Gasteiger partial charge in [-0.15, -0.1) is 5.10 Å². The van der Waals surface area contributed by atoms with Gasteiger partial charge in [-0.25, -0.2) is 4.98 Å². The van der Waals surface area contributed by atoms with Gasteiger partial charge in [-0.1, -0.05) is 10.6 Å². The Kier molecular flexibility index (Phi) is 3.27. The third-order valence-electron chi connectivity index (χ3n) is 3.36. The monoisotopic (exact) mass is 287 g/mol. The molecule has 3 rings (SSSR count). The van der Waals surface area contributed by atoms with Gasteiger partial charge in [-0.3, -0.25) is 0 Å². The Bertz CT molecular complexity index is 756. The molecular weight excluding hydrogens is 270 g/mol. The van der Waals surface area contributed by atoms with E-state index in [2.05, 4.69) is 46.2 Å². The molecule has 3 aromatic rings. The van der Waals surface area contributed by atoms with Crippen LogP contribution in [-0.4, -0.2) is 19.1 Å². The average Bonchev–Trinajstić information content (AvgIpc) is 3.00. The van der Waals surface area contributed by atoms with Crippen LogP contribution in [-0.2, 0) is 6.54 Å². The maximum Gasteiger partial charge on any atom is 0.155 e. The van der Waals surface area contributed by atoms with Crippen molar-refractivity contribution in [3.8, 4) is 10.7 Å². The molecule has 0 saturated carbocycles. The summed E-state index contributed by atoms with van der Waals surface area (Å²) in [5.74, 6) is 0.941. The van der Waals surface area contributed by atoms with Crippen molar-refractivity contribution >= 4 is 22.6 Å². The Morgan fingerprint density at radius 1 is 1.35 bits per heavy atom. The van der Waals surface area contributed by atoms with Crippen LogP contribution in [0.4, 0.5) is 0 Å². The topological polar surface area (TPSA) is 69.6 Å². The Hall–Kier alpha value is -1.79. The molecule has 0 aliphatic carbocycles. The van der Waals surface area contributed by atoms with E-state index in [0.29, 0.717) is 12.6 Å². The molecule has 2 N–H and O–H groups in total. The van der Waals surface area contributed by atoms with Gasteiger partial charge in [0.1, 0.15) is 4.88 Å². The molecule has 0 fully saturated rings. The standard InChI is InChI=1S/C14H17N5S/c1-8(2)19-12-5-4-10(7-15)6-11(12)16-14(19)13-9(3)17-18-20-13/h4-6,8H,7,15H2,1-3H3. The molecule has 2 aromatic heterocycles. The first-order chi connectivity index (χ1) is 9.61. The predicted molar refractivity (Wildman–Crippen MR) is 81.6 cm³/mol. The smallest absolute Gasteiger partial charge is 0.155 e. The molecule has 0 bridgehead atoms. The Labute approximate surface area is 121 Å². The maximum atomic E-state index is 5.71. The van der Waals surface area contributed by atoms with Crippen LogP contribution in [0.1, 0.15) is 31.1 Å². The molecule has 5 nitrogen and oxygen atoms in total. The number of fused-ring (bicyclic) bond motifs is 1. The summed E-state index contributed by atoms with van der Waals surface area (Å²) in [5, 5.41) is 4.09. The normalized spacial score (nSPS) is 11.7. The second-order valence-electron chi connectivity index (χ2n) is 5.11. The Morgan fingerprint density at radius 2 is 2.15 bits per heavy atom. The molecule has 0 radical (unpaired) electrons.